The summed E-state index contributed by atoms with van der Waals surface area (Å²) in [6, 6.07) is 6.19. The zero-order chi connectivity index (χ0) is 18.7. The molecule has 2 heterocycles. The van der Waals surface area contributed by atoms with Gasteiger partial charge in [0.25, 0.3) is 0 Å². The molecule has 3 rings (SSSR count). The molecule has 1 N–H and O–H groups in total. The standard InChI is InChI=1S/C20H30N4O2/c1-4-22-8-7-21-20(26)18(22)14-19(25)24-11-9-23(10-12-24)17-13-15(2)5-6-16(17)3/h5-6,13,18H,4,7-12,14H2,1-3H3,(H,21,26). The van der Waals surface area contributed by atoms with Crippen molar-refractivity contribution in [3.8, 4) is 0 Å². The van der Waals surface area contributed by atoms with Crippen LogP contribution in [-0.2, 0) is 9.59 Å². The fraction of sp³-hybridized carbons (Fsp3) is 0.600. The first kappa shape index (κ1) is 18.7. The Labute approximate surface area is 156 Å². The van der Waals surface area contributed by atoms with E-state index in [4.69, 9.17) is 0 Å². The van der Waals surface area contributed by atoms with Gasteiger partial charge in [0.05, 0.1) is 12.5 Å². The van der Waals surface area contributed by atoms with Crippen molar-refractivity contribution in [1.82, 2.24) is 15.1 Å². The number of anilines is 1. The lowest BCUT2D eigenvalue weighted by atomic mass is 10.1. The molecule has 26 heavy (non-hydrogen) atoms. The molecule has 0 spiro atoms. The van der Waals surface area contributed by atoms with Crippen LogP contribution in [0.15, 0.2) is 18.2 Å². The van der Waals surface area contributed by atoms with Crippen LogP contribution in [0.3, 0.4) is 0 Å². The van der Waals surface area contributed by atoms with Gasteiger partial charge >= 0.3 is 0 Å². The van der Waals surface area contributed by atoms with Gasteiger partial charge in [-0.3, -0.25) is 14.5 Å². The van der Waals surface area contributed by atoms with Gasteiger partial charge < -0.3 is 15.1 Å². The van der Waals surface area contributed by atoms with Crippen molar-refractivity contribution in [3.63, 3.8) is 0 Å². The second-order valence-corrected chi connectivity index (χ2v) is 7.30. The first-order valence-electron chi connectivity index (χ1n) is 9.61. The van der Waals surface area contributed by atoms with E-state index in [0.29, 0.717) is 19.6 Å². The van der Waals surface area contributed by atoms with E-state index in [1.54, 1.807) is 0 Å². The predicted octanol–water partition coefficient (Wildman–Crippen LogP) is 1.16. The summed E-state index contributed by atoms with van der Waals surface area (Å²) >= 11 is 0. The maximum atomic E-state index is 12.7. The zero-order valence-corrected chi connectivity index (χ0v) is 16.1. The number of benzene rings is 1. The Hall–Kier alpha value is -2.08. The number of piperazine rings is 2. The highest BCUT2D eigenvalue weighted by Gasteiger charge is 2.32. The third-order valence-corrected chi connectivity index (χ3v) is 5.55. The van der Waals surface area contributed by atoms with Crippen LogP contribution in [0.4, 0.5) is 5.69 Å². The Kier molecular flexibility index (Phi) is 5.81. The summed E-state index contributed by atoms with van der Waals surface area (Å²) in [5, 5.41) is 2.89. The molecule has 0 radical (unpaired) electrons. The molecular formula is C20H30N4O2. The quantitative estimate of drug-likeness (QED) is 0.878. The van der Waals surface area contributed by atoms with Gasteiger partial charge in [0.1, 0.15) is 0 Å². The second-order valence-electron chi connectivity index (χ2n) is 7.30. The van der Waals surface area contributed by atoms with E-state index in [9.17, 15) is 9.59 Å². The number of rotatable bonds is 4. The van der Waals surface area contributed by atoms with Crippen LogP contribution >= 0.6 is 0 Å². The minimum absolute atomic E-state index is 0.0135. The fourth-order valence-corrected chi connectivity index (χ4v) is 3.91. The van der Waals surface area contributed by atoms with Crippen LogP contribution in [0.1, 0.15) is 24.5 Å². The van der Waals surface area contributed by atoms with Crippen molar-refractivity contribution in [1.29, 1.82) is 0 Å². The molecule has 1 atom stereocenters. The van der Waals surface area contributed by atoms with Crippen LogP contribution in [0, 0.1) is 13.8 Å². The number of nitrogens with zero attached hydrogens (tertiary/aromatic N) is 3. The molecule has 1 unspecified atom stereocenters. The third-order valence-electron chi connectivity index (χ3n) is 5.55. The lowest BCUT2D eigenvalue weighted by Gasteiger charge is -2.39. The summed E-state index contributed by atoms with van der Waals surface area (Å²) in [5.41, 5.74) is 3.79. The van der Waals surface area contributed by atoms with Crippen molar-refractivity contribution >= 4 is 17.5 Å². The van der Waals surface area contributed by atoms with E-state index in [1.165, 1.54) is 16.8 Å². The predicted molar refractivity (Wildman–Crippen MR) is 103 cm³/mol. The number of amides is 2. The van der Waals surface area contributed by atoms with Gasteiger partial charge in [0, 0.05) is 45.0 Å². The molecule has 2 saturated heterocycles. The summed E-state index contributed by atoms with van der Waals surface area (Å²) in [5.74, 6) is 0.0755. The van der Waals surface area contributed by atoms with Crippen molar-refractivity contribution in [2.24, 2.45) is 0 Å². The molecule has 6 heteroatoms. The van der Waals surface area contributed by atoms with E-state index in [-0.39, 0.29) is 24.3 Å². The SMILES string of the molecule is CCN1CCNC(=O)C1CC(=O)N1CCN(c2cc(C)ccc2C)CC1. The summed E-state index contributed by atoms with van der Waals surface area (Å²) in [6.07, 6.45) is 0.281. The van der Waals surface area contributed by atoms with Gasteiger partial charge in [0.2, 0.25) is 11.8 Å². The van der Waals surface area contributed by atoms with Gasteiger partial charge in [-0.25, -0.2) is 0 Å². The maximum Gasteiger partial charge on any atom is 0.237 e. The van der Waals surface area contributed by atoms with Crippen molar-refractivity contribution in [3.05, 3.63) is 29.3 Å². The van der Waals surface area contributed by atoms with Crippen LogP contribution in [0.2, 0.25) is 0 Å². The molecule has 2 fully saturated rings. The van der Waals surface area contributed by atoms with Gasteiger partial charge in [-0.2, -0.15) is 0 Å². The largest absolute Gasteiger partial charge is 0.368 e. The normalized spacial score (nSPS) is 21.7. The number of likely N-dealkylation sites (N-methyl/N-ethyl adjacent to an activating group) is 1. The van der Waals surface area contributed by atoms with Crippen LogP contribution < -0.4 is 10.2 Å². The monoisotopic (exact) mass is 358 g/mol. The summed E-state index contributed by atoms with van der Waals surface area (Å²) in [6.45, 7) is 11.7. The number of carbonyl (C=O) groups excluding carboxylic acids is 2. The van der Waals surface area contributed by atoms with Gasteiger partial charge in [-0.05, 0) is 37.6 Å². The molecule has 2 aliphatic heterocycles. The Morgan fingerprint density at radius 1 is 1.15 bits per heavy atom. The first-order chi connectivity index (χ1) is 12.5. The molecule has 0 aromatic heterocycles. The van der Waals surface area contributed by atoms with Crippen molar-refractivity contribution in [2.75, 3.05) is 50.7 Å². The zero-order valence-electron chi connectivity index (χ0n) is 16.1. The number of carbonyl (C=O) groups is 2. The van der Waals surface area contributed by atoms with E-state index in [0.717, 1.165) is 26.2 Å². The summed E-state index contributed by atoms with van der Waals surface area (Å²) in [7, 11) is 0. The van der Waals surface area contributed by atoms with Crippen LogP contribution in [0.25, 0.3) is 0 Å². The number of hydrogen-bond acceptors (Lipinski definition) is 4. The molecule has 6 nitrogen and oxygen atoms in total. The Balaban J connectivity index is 1.58. The molecule has 142 valence electrons. The lowest BCUT2D eigenvalue weighted by Crippen LogP contribution is -2.57. The van der Waals surface area contributed by atoms with Crippen molar-refractivity contribution in [2.45, 2.75) is 33.2 Å². The van der Waals surface area contributed by atoms with E-state index in [1.807, 2.05) is 11.8 Å². The van der Waals surface area contributed by atoms with Crippen LogP contribution in [-0.4, -0.2) is 73.5 Å². The molecule has 2 amide bonds. The molecule has 0 aliphatic carbocycles. The van der Waals surface area contributed by atoms with E-state index >= 15 is 0 Å². The molecule has 0 saturated carbocycles. The number of aryl methyl sites for hydroxylation is 2. The Morgan fingerprint density at radius 3 is 2.58 bits per heavy atom. The fourth-order valence-electron chi connectivity index (χ4n) is 3.91. The van der Waals surface area contributed by atoms with Crippen LogP contribution in [0.5, 0.6) is 0 Å². The first-order valence-corrected chi connectivity index (χ1v) is 9.61. The molecule has 0 bridgehead atoms. The number of hydrogen-bond donors (Lipinski definition) is 1. The summed E-state index contributed by atoms with van der Waals surface area (Å²) in [4.78, 5) is 31.3. The minimum Gasteiger partial charge on any atom is -0.368 e. The number of nitrogens with one attached hydrogen (secondary N) is 1. The van der Waals surface area contributed by atoms with E-state index < -0.39 is 0 Å². The highest BCUT2D eigenvalue weighted by Crippen LogP contribution is 2.23. The second kappa shape index (κ2) is 8.08. The minimum atomic E-state index is -0.321. The molecule has 2 aliphatic rings. The average Bonchev–Trinajstić information content (AvgIpc) is 2.65. The smallest absolute Gasteiger partial charge is 0.237 e. The van der Waals surface area contributed by atoms with Gasteiger partial charge in [-0.15, -0.1) is 0 Å². The van der Waals surface area contributed by atoms with Crippen molar-refractivity contribution < 1.29 is 9.59 Å². The topological polar surface area (TPSA) is 55.9 Å². The highest BCUT2D eigenvalue weighted by atomic mass is 16.2. The van der Waals surface area contributed by atoms with E-state index in [2.05, 4.69) is 47.2 Å². The Bertz CT molecular complexity index is 668. The average molecular weight is 358 g/mol. The molecule has 1 aromatic rings. The maximum absolute atomic E-state index is 12.7. The van der Waals surface area contributed by atoms with Gasteiger partial charge in [0.15, 0.2) is 0 Å². The highest BCUT2D eigenvalue weighted by molar-refractivity contribution is 5.89. The Morgan fingerprint density at radius 2 is 1.88 bits per heavy atom. The third kappa shape index (κ3) is 4.01. The molecular weight excluding hydrogens is 328 g/mol. The lowest BCUT2D eigenvalue weighted by molar-refractivity contribution is -0.139. The van der Waals surface area contributed by atoms with Gasteiger partial charge in [-0.1, -0.05) is 19.1 Å². The molecule has 1 aromatic carbocycles. The summed E-state index contributed by atoms with van der Waals surface area (Å²) < 4.78 is 0.